The molecule has 1 aliphatic rings. The predicted molar refractivity (Wildman–Crippen MR) is 138 cm³/mol. The third-order valence-electron chi connectivity index (χ3n) is 6.61. The number of nitrogens with zero attached hydrogens (tertiary/aromatic N) is 3. The van der Waals surface area contributed by atoms with E-state index in [1.165, 1.54) is 5.56 Å². The van der Waals surface area contributed by atoms with Crippen molar-refractivity contribution in [3.05, 3.63) is 84.2 Å². The molecule has 5 rings (SSSR count). The van der Waals surface area contributed by atoms with Crippen molar-refractivity contribution in [1.29, 1.82) is 0 Å². The van der Waals surface area contributed by atoms with Crippen molar-refractivity contribution in [3.63, 3.8) is 0 Å². The summed E-state index contributed by atoms with van der Waals surface area (Å²) in [6, 6.07) is 24.1. The number of ether oxygens (including phenoxy) is 2. The average molecular weight is 470 g/mol. The molecule has 1 aromatic heterocycles. The average Bonchev–Trinajstić information content (AvgIpc) is 3.45. The fourth-order valence-electron chi connectivity index (χ4n) is 4.75. The maximum Gasteiger partial charge on any atom is 0.227 e. The van der Waals surface area contributed by atoms with E-state index in [0.29, 0.717) is 19.6 Å². The molecule has 0 N–H and O–H groups in total. The van der Waals surface area contributed by atoms with Crippen LogP contribution in [0.4, 0.5) is 5.69 Å². The van der Waals surface area contributed by atoms with E-state index in [9.17, 15) is 4.79 Å². The van der Waals surface area contributed by atoms with E-state index in [-0.39, 0.29) is 11.8 Å². The fraction of sp³-hybridized carbons (Fsp3) is 0.310. The monoisotopic (exact) mass is 469 g/mol. The highest BCUT2D eigenvalue weighted by Crippen LogP contribution is 2.34. The number of carbonyl (C=O) groups is 1. The van der Waals surface area contributed by atoms with Gasteiger partial charge in [0.2, 0.25) is 5.91 Å². The van der Waals surface area contributed by atoms with Crippen molar-refractivity contribution in [3.8, 4) is 11.5 Å². The molecule has 1 saturated heterocycles. The van der Waals surface area contributed by atoms with Crippen molar-refractivity contribution in [2.75, 3.05) is 25.2 Å². The van der Waals surface area contributed by atoms with Gasteiger partial charge < -0.3 is 18.9 Å². The second-order valence-corrected chi connectivity index (χ2v) is 9.09. The van der Waals surface area contributed by atoms with E-state index >= 15 is 0 Å². The van der Waals surface area contributed by atoms with Gasteiger partial charge in [0.15, 0.2) is 0 Å². The smallest absolute Gasteiger partial charge is 0.227 e. The van der Waals surface area contributed by atoms with Crippen molar-refractivity contribution in [1.82, 2.24) is 9.55 Å². The quantitative estimate of drug-likeness (QED) is 0.294. The zero-order chi connectivity index (χ0) is 24.2. The van der Waals surface area contributed by atoms with Crippen molar-refractivity contribution in [2.45, 2.75) is 38.6 Å². The van der Waals surface area contributed by atoms with Crippen LogP contribution >= 0.6 is 0 Å². The van der Waals surface area contributed by atoms with Crippen LogP contribution in [0, 0.1) is 6.92 Å². The minimum atomic E-state index is 0.0462. The molecule has 0 spiro atoms. The number of imidazole rings is 1. The molecule has 0 aliphatic carbocycles. The summed E-state index contributed by atoms with van der Waals surface area (Å²) in [7, 11) is 1.64. The van der Waals surface area contributed by atoms with E-state index in [4.69, 9.17) is 14.5 Å². The Bertz CT molecular complexity index is 1310. The number of aryl methyl sites for hydroxylation is 2. The van der Waals surface area contributed by atoms with Crippen molar-refractivity contribution >= 4 is 22.6 Å². The summed E-state index contributed by atoms with van der Waals surface area (Å²) in [4.78, 5) is 19.8. The minimum absolute atomic E-state index is 0.0462. The standard InChI is InChI=1S/C29H31N3O3/c1-21-12-14-24(15-13-21)35-17-6-5-16-31-27-11-4-3-10-26(27)30-29(31)22-18-28(33)32(20-22)23-8-7-9-25(19-23)34-2/h3-4,7-15,19,22H,5-6,16-18,20H2,1-2H3/t22-/m0/s1. The SMILES string of the molecule is COc1cccc(N2C[C@@H](c3nc4ccccc4n3CCCCOc3ccc(C)cc3)CC2=O)c1. The number of carbonyl (C=O) groups excluding carboxylic acids is 1. The normalized spacial score (nSPS) is 15.7. The van der Waals surface area contributed by atoms with Crippen LogP contribution in [-0.2, 0) is 11.3 Å². The number of amides is 1. The molecule has 1 aliphatic heterocycles. The molecule has 4 aromatic rings. The van der Waals surface area contributed by atoms with Gasteiger partial charge in [0, 0.05) is 37.2 Å². The number of rotatable bonds is 9. The molecule has 1 fully saturated rings. The Kier molecular flexibility index (Phi) is 6.70. The lowest BCUT2D eigenvalue weighted by Gasteiger charge is -2.18. The maximum absolute atomic E-state index is 13.0. The fourth-order valence-corrected chi connectivity index (χ4v) is 4.75. The van der Waals surface area contributed by atoms with E-state index in [1.807, 2.05) is 59.5 Å². The van der Waals surface area contributed by atoms with E-state index in [0.717, 1.165) is 53.4 Å². The summed E-state index contributed by atoms with van der Waals surface area (Å²) >= 11 is 0. The van der Waals surface area contributed by atoms with E-state index in [2.05, 4.69) is 29.7 Å². The highest BCUT2D eigenvalue weighted by atomic mass is 16.5. The van der Waals surface area contributed by atoms with Crippen LogP contribution in [0.3, 0.4) is 0 Å². The number of hydrogen-bond donors (Lipinski definition) is 0. The van der Waals surface area contributed by atoms with Gasteiger partial charge in [-0.3, -0.25) is 4.79 Å². The van der Waals surface area contributed by atoms with Gasteiger partial charge >= 0.3 is 0 Å². The van der Waals surface area contributed by atoms with E-state index < -0.39 is 0 Å². The highest BCUT2D eigenvalue weighted by molar-refractivity contribution is 5.96. The third-order valence-corrected chi connectivity index (χ3v) is 6.61. The van der Waals surface area contributed by atoms with Crippen molar-refractivity contribution in [2.24, 2.45) is 0 Å². The van der Waals surface area contributed by atoms with Crippen LogP contribution in [0.15, 0.2) is 72.8 Å². The van der Waals surface area contributed by atoms with Gasteiger partial charge in [0.25, 0.3) is 0 Å². The second-order valence-electron chi connectivity index (χ2n) is 9.09. The summed E-state index contributed by atoms with van der Waals surface area (Å²) in [5, 5.41) is 0. The molecule has 180 valence electrons. The van der Waals surface area contributed by atoms with Gasteiger partial charge in [-0.2, -0.15) is 0 Å². The lowest BCUT2D eigenvalue weighted by atomic mass is 10.1. The lowest BCUT2D eigenvalue weighted by molar-refractivity contribution is -0.117. The molecule has 35 heavy (non-hydrogen) atoms. The van der Waals surface area contributed by atoms with Crippen LogP contribution in [0.1, 0.15) is 36.6 Å². The Labute approximate surface area is 206 Å². The predicted octanol–water partition coefficient (Wildman–Crippen LogP) is 5.73. The molecule has 1 amide bonds. The first-order valence-electron chi connectivity index (χ1n) is 12.2. The molecule has 0 unspecified atom stereocenters. The third kappa shape index (κ3) is 5.02. The summed E-state index contributed by atoms with van der Waals surface area (Å²) < 4.78 is 13.6. The molecule has 3 aromatic carbocycles. The molecule has 6 nitrogen and oxygen atoms in total. The number of benzene rings is 3. The zero-order valence-electron chi connectivity index (χ0n) is 20.3. The molecule has 1 atom stereocenters. The second kappa shape index (κ2) is 10.2. The summed E-state index contributed by atoms with van der Waals surface area (Å²) in [5.74, 6) is 2.81. The molecule has 0 saturated carbocycles. The Hall–Kier alpha value is -3.80. The number of anilines is 1. The van der Waals surface area contributed by atoms with Gasteiger partial charge in [0.1, 0.15) is 17.3 Å². The Balaban J connectivity index is 1.29. The van der Waals surface area contributed by atoms with Crippen LogP contribution in [0.5, 0.6) is 11.5 Å². The molecule has 0 bridgehead atoms. The van der Waals surface area contributed by atoms with Gasteiger partial charge in [-0.15, -0.1) is 0 Å². The number of para-hydroxylation sites is 2. The van der Waals surface area contributed by atoms with Crippen LogP contribution in [0.2, 0.25) is 0 Å². The Morgan fingerprint density at radius 1 is 0.971 bits per heavy atom. The van der Waals surface area contributed by atoms with Gasteiger partial charge in [-0.05, 0) is 56.2 Å². The van der Waals surface area contributed by atoms with Crippen LogP contribution < -0.4 is 14.4 Å². The molecule has 2 heterocycles. The zero-order valence-corrected chi connectivity index (χ0v) is 20.3. The van der Waals surface area contributed by atoms with Crippen LogP contribution in [0.25, 0.3) is 11.0 Å². The van der Waals surface area contributed by atoms with Gasteiger partial charge in [-0.1, -0.05) is 35.9 Å². The maximum atomic E-state index is 13.0. The van der Waals surface area contributed by atoms with Crippen LogP contribution in [-0.4, -0.2) is 35.7 Å². The Morgan fingerprint density at radius 2 is 1.80 bits per heavy atom. The molecule has 6 heteroatoms. The first-order valence-corrected chi connectivity index (χ1v) is 12.2. The van der Waals surface area contributed by atoms with Crippen molar-refractivity contribution < 1.29 is 14.3 Å². The summed E-state index contributed by atoms with van der Waals surface area (Å²) in [6.45, 7) is 4.21. The number of aromatic nitrogens is 2. The molecule has 0 radical (unpaired) electrons. The van der Waals surface area contributed by atoms with E-state index in [1.54, 1.807) is 7.11 Å². The van der Waals surface area contributed by atoms with Gasteiger partial charge in [0.05, 0.1) is 24.8 Å². The number of unbranched alkanes of at least 4 members (excludes halogenated alkanes) is 1. The molecular weight excluding hydrogens is 438 g/mol. The molecular formula is C29H31N3O3. The minimum Gasteiger partial charge on any atom is -0.497 e. The first-order chi connectivity index (χ1) is 17.1. The number of methoxy groups -OCH3 is 1. The Morgan fingerprint density at radius 3 is 2.63 bits per heavy atom. The lowest BCUT2D eigenvalue weighted by Crippen LogP contribution is -2.24. The topological polar surface area (TPSA) is 56.6 Å². The largest absolute Gasteiger partial charge is 0.497 e. The first kappa shape index (κ1) is 23.0. The highest BCUT2D eigenvalue weighted by Gasteiger charge is 2.34. The number of hydrogen-bond acceptors (Lipinski definition) is 4. The number of fused-ring (bicyclic) bond motifs is 1. The van der Waals surface area contributed by atoms with Gasteiger partial charge in [-0.25, -0.2) is 4.98 Å². The summed E-state index contributed by atoms with van der Waals surface area (Å²) in [6.07, 6.45) is 2.37. The summed E-state index contributed by atoms with van der Waals surface area (Å²) in [5.41, 5.74) is 4.19.